The maximum atomic E-state index is 12.2. The molecule has 1 aliphatic rings. The van der Waals surface area contributed by atoms with Crippen molar-refractivity contribution >= 4 is 28.6 Å². The van der Waals surface area contributed by atoms with E-state index in [-0.39, 0.29) is 12.0 Å². The number of nitrogens with zero attached hydrogens (tertiary/aromatic N) is 2. The smallest absolute Gasteiger partial charge is 0.228 e. The SMILES string of the molecule is O=C(Cc1csc(-c2ccsc2)n1)N1CCCC(O)C1. The van der Waals surface area contributed by atoms with E-state index in [9.17, 15) is 9.90 Å². The number of piperidine rings is 1. The predicted octanol–water partition coefficient (Wildman–Crippen LogP) is 2.40. The fourth-order valence-corrected chi connectivity index (χ4v) is 3.89. The summed E-state index contributed by atoms with van der Waals surface area (Å²) in [5, 5.41) is 16.6. The molecule has 20 heavy (non-hydrogen) atoms. The molecule has 2 aromatic heterocycles. The minimum atomic E-state index is -0.371. The average Bonchev–Trinajstić information content (AvgIpc) is 3.08. The Balaban J connectivity index is 1.64. The highest BCUT2D eigenvalue weighted by molar-refractivity contribution is 7.14. The summed E-state index contributed by atoms with van der Waals surface area (Å²) in [4.78, 5) is 18.5. The van der Waals surface area contributed by atoms with E-state index >= 15 is 0 Å². The highest BCUT2D eigenvalue weighted by Gasteiger charge is 2.22. The molecule has 0 bridgehead atoms. The Bertz CT molecular complexity index is 580. The van der Waals surface area contributed by atoms with E-state index in [0.29, 0.717) is 13.0 Å². The molecule has 4 nitrogen and oxygen atoms in total. The Morgan fingerprint density at radius 1 is 1.50 bits per heavy atom. The first-order valence-electron chi connectivity index (χ1n) is 6.65. The Hall–Kier alpha value is -1.24. The topological polar surface area (TPSA) is 53.4 Å². The molecule has 3 heterocycles. The Morgan fingerprint density at radius 2 is 2.40 bits per heavy atom. The minimum absolute atomic E-state index is 0.0610. The van der Waals surface area contributed by atoms with Gasteiger partial charge in [-0.3, -0.25) is 4.79 Å². The van der Waals surface area contributed by atoms with Crippen LogP contribution in [0.15, 0.2) is 22.2 Å². The van der Waals surface area contributed by atoms with Gasteiger partial charge in [-0.05, 0) is 24.3 Å². The largest absolute Gasteiger partial charge is 0.391 e. The molecule has 106 valence electrons. The van der Waals surface area contributed by atoms with E-state index < -0.39 is 0 Å². The van der Waals surface area contributed by atoms with Gasteiger partial charge in [-0.1, -0.05) is 0 Å². The number of aliphatic hydroxyl groups is 1. The van der Waals surface area contributed by atoms with Crippen LogP contribution in [0.5, 0.6) is 0 Å². The first-order chi connectivity index (χ1) is 9.72. The molecular weight excluding hydrogens is 292 g/mol. The van der Waals surface area contributed by atoms with Crippen molar-refractivity contribution in [3.8, 4) is 10.6 Å². The number of carbonyl (C=O) groups excluding carboxylic acids is 1. The quantitative estimate of drug-likeness (QED) is 0.947. The van der Waals surface area contributed by atoms with Crippen molar-refractivity contribution in [1.29, 1.82) is 0 Å². The molecule has 1 amide bonds. The van der Waals surface area contributed by atoms with E-state index in [1.807, 2.05) is 16.8 Å². The predicted molar refractivity (Wildman–Crippen MR) is 81.0 cm³/mol. The number of β-amino-alcohol motifs (C(OH)–C–C–N with tert-alkyl or cyclic N) is 1. The molecule has 0 aromatic carbocycles. The second-order valence-electron chi connectivity index (χ2n) is 4.97. The molecule has 6 heteroatoms. The van der Waals surface area contributed by atoms with Crippen molar-refractivity contribution in [3.05, 3.63) is 27.9 Å². The molecule has 1 aliphatic heterocycles. The molecule has 1 fully saturated rings. The number of carbonyl (C=O) groups is 1. The lowest BCUT2D eigenvalue weighted by Crippen LogP contribution is -2.42. The number of likely N-dealkylation sites (tertiary alicyclic amines) is 1. The third-order valence-electron chi connectivity index (χ3n) is 3.40. The zero-order chi connectivity index (χ0) is 13.9. The van der Waals surface area contributed by atoms with Crippen LogP contribution in [0.25, 0.3) is 10.6 Å². The van der Waals surface area contributed by atoms with Crippen molar-refractivity contribution in [2.24, 2.45) is 0 Å². The van der Waals surface area contributed by atoms with Gasteiger partial charge in [-0.15, -0.1) is 11.3 Å². The van der Waals surface area contributed by atoms with Gasteiger partial charge in [0.2, 0.25) is 5.91 Å². The molecule has 2 aromatic rings. The van der Waals surface area contributed by atoms with Crippen molar-refractivity contribution in [2.75, 3.05) is 13.1 Å². The average molecular weight is 308 g/mol. The van der Waals surface area contributed by atoms with Crippen LogP contribution in [0.2, 0.25) is 0 Å². The van der Waals surface area contributed by atoms with Gasteiger partial charge < -0.3 is 10.0 Å². The number of rotatable bonds is 3. The Morgan fingerprint density at radius 3 is 3.15 bits per heavy atom. The Kier molecular flexibility index (Phi) is 4.14. The van der Waals surface area contributed by atoms with Gasteiger partial charge >= 0.3 is 0 Å². The van der Waals surface area contributed by atoms with Gasteiger partial charge in [0, 0.05) is 29.4 Å². The van der Waals surface area contributed by atoms with Gasteiger partial charge in [0.05, 0.1) is 18.2 Å². The zero-order valence-electron chi connectivity index (χ0n) is 11.0. The van der Waals surface area contributed by atoms with E-state index in [4.69, 9.17) is 0 Å². The number of hydrogen-bond acceptors (Lipinski definition) is 5. The van der Waals surface area contributed by atoms with E-state index in [2.05, 4.69) is 10.4 Å². The molecule has 1 unspecified atom stereocenters. The van der Waals surface area contributed by atoms with Gasteiger partial charge in [0.25, 0.3) is 0 Å². The van der Waals surface area contributed by atoms with Crippen LogP contribution in [-0.2, 0) is 11.2 Å². The minimum Gasteiger partial charge on any atom is -0.391 e. The Labute approximate surface area is 125 Å². The summed E-state index contributed by atoms with van der Waals surface area (Å²) in [5.74, 6) is 0.0610. The fourth-order valence-electron chi connectivity index (χ4n) is 2.35. The molecule has 3 rings (SSSR count). The van der Waals surface area contributed by atoms with Crippen molar-refractivity contribution in [3.63, 3.8) is 0 Å². The lowest BCUT2D eigenvalue weighted by Gasteiger charge is -2.29. The second-order valence-corrected chi connectivity index (χ2v) is 6.61. The molecular formula is C14H16N2O2S2. The molecule has 0 radical (unpaired) electrons. The van der Waals surface area contributed by atoms with Crippen LogP contribution >= 0.6 is 22.7 Å². The summed E-state index contributed by atoms with van der Waals surface area (Å²) >= 11 is 3.22. The third kappa shape index (κ3) is 3.08. The van der Waals surface area contributed by atoms with Crippen LogP contribution in [0.1, 0.15) is 18.5 Å². The third-order valence-corrected chi connectivity index (χ3v) is 5.02. The molecule has 0 spiro atoms. The maximum Gasteiger partial charge on any atom is 0.228 e. The number of hydrogen-bond donors (Lipinski definition) is 1. The monoisotopic (exact) mass is 308 g/mol. The summed E-state index contributed by atoms with van der Waals surface area (Å²) in [6.07, 6.45) is 1.63. The first kappa shape index (κ1) is 13.7. The molecule has 1 N–H and O–H groups in total. The van der Waals surface area contributed by atoms with Crippen molar-refractivity contribution in [1.82, 2.24) is 9.88 Å². The van der Waals surface area contributed by atoms with Crippen LogP contribution in [0.4, 0.5) is 0 Å². The molecule has 1 saturated heterocycles. The lowest BCUT2D eigenvalue weighted by atomic mass is 10.1. The number of aliphatic hydroxyl groups excluding tert-OH is 1. The second kappa shape index (κ2) is 6.03. The van der Waals surface area contributed by atoms with Crippen LogP contribution in [0.3, 0.4) is 0 Å². The first-order valence-corrected chi connectivity index (χ1v) is 8.47. The normalized spacial score (nSPS) is 19.2. The summed E-state index contributed by atoms with van der Waals surface area (Å²) < 4.78 is 0. The van der Waals surface area contributed by atoms with Crippen LogP contribution < -0.4 is 0 Å². The lowest BCUT2D eigenvalue weighted by molar-refractivity contribution is -0.133. The number of thiazole rings is 1. The summed E-state index contributed by atoms with van der Waals surface area (Å²) in [7, 11) is 0. The van der Waals surface area contributed by atoms with Gasteiger partial charge in [-0.25, -0.2) is 4.98 Å². The standard InChI is InChI=1S/C14H16N2O2S2/c17-12-2-1-4-16(7-12)13(18)6-11-9-20-14(15-11)10-3-5-19-8-10/h3,5,8-9,12,17H,1-2,4,6-7H2. The number of thiophene rings is 1. The van der Waals surface area contributed by atoms with Gasteiger partial charge in [0.1, 0.15) is 5.01 Å². The fraction of sp³-hybridized carbons (Fsp3) is 0.429. The molecule has 0 aliphatic carbocycles. The van der Waals surface area contributed by atoms with Crippen LogP contribution in [0, 0.1) is 0 Å². The maximum absolute atomic E-state index is 12.2. The van der Waals surface area contributed by atoms with Gasteiger partial charge in [-0.2, -0.15) is 11.3 Å². The summed E-state index contributed by atoms with van der Waals surface area (Å²) in [6, 6.07) is 2.04. The van der Waals surface area contributed by atoms with Crippen LogP contribution in [-0.4, -0.2) is 40.1 Å². The van der Waals surface area contributed by atoms with Crippen molar-refractivity contribution in [2.45, 2.75) is 25.4 Å². The zero-order valence-corrected chi connectivity index (χ0v) is 12.6. The van der Waals surface area contributed by atoms with Crippen molar-refractivity contribution < 1.29 is 9.90 Å². The van der Waals surface area contributed by atoms with Gasteiger partial charge in [0.15, 0.2) is 0 Å². The van der Waals surface area contributed by atoms with E-state index in [1.54, 1.807) is 27.6 Å². The highest BCUT2D eigenvalue weighted by Crippen LogP contribution is 2.26. The number of aromatic nitrogens is 1. The number of amides is 1. The summed E-state index contributed by atoms with van der Waals surface area (Å²) in [6.45, 7) is 1.21. The molecule has 1 atom stereocenters. The summed E-state index contributed by atoms with van der Waals surface area (Å²) in [5.41, 5.74) is 1.94. The highest BCUT2D eigenvalue weighted by atomic mass is 32.1. The molecule has 0 saturated carbocycles. The van der Waals surface area contributed by atoms with E-state index in [1.165, 1.54) is 0 Å². The van der Waals surface area contributed by atoms with E-state index in [0.717, 1.165) is 35.7 Å².